The third-order valence-corrected chi connectivity index (χ3v) is 3.73. The molecular weight excluding hydrogens is 234 g/mol. The minimum Gasteiger partial charge on any atom is -0.428 e. The fourth-order valence-electron chi connectivity index (χ4n) is 2.54. The van der Waals surface area contributed by atoms with E-state index in [-0.39, 0.29) is 18.1 Å². The number of aryl methyl sites for hydroxylation is 2. The molecule has 0 bridgehead atoms. The quantitative estimate of drug-likeness (QED) is 0.822. The molecule has 0 spiro atoms. The van der Waals surface area contributed by atoms with Crippen molar-refractivity contribution >= 4 is 12.0 Å². The van der Waals surface area contributed by atoms with Crippen LogP contribution in [-0.2, 0) is 4.74 Å². The third-order valence-electron chi connectivity index (χ3n) is 3.73. The van der Waals surface area contributed by atoms with Crippen molar-refractivity contribution < 1.29 is 13.9 Å². The summed E-state index contributed by atoms with van der Waals surface area (Å²) in [6.45, 7) is 5.92. The van der Waals surface area contributed by atoms with Crippen LogP contribution in [0.3, 0.4) is 0 Å². The van der Waals surface area contributed by atoms with Crippen molar-refractivity contribution in [1.82, 2.24) is 9.88 Å². The Hall–Kier alpha value is -1.56. The highest BCUT2D eigenvalue weighted by Crippen LogP contribution is 2.29. The summed E-state index contributed by atoms with van der Waals surface area (Å²) in [4.78, 5) is 17.9. The molecule has 1 aromatic heterocycles. The number of nitrogens with zero attached hydrogens (tertiary/aromatic N) is 2. The molecule has 6 nitrogen and oxygen atoms in total. The predicted octanol–water partition coefficient (Wildman–Crippen LogP) is 1.54. The standard InChI is InChI=1S/C12H17N3O3/c1-7-8(2)18-11(13-7)14-12(16)15-5-9-3-4-17-10(9)6-15/h9-10H,3-6H2,1-2H3,(H,13,14,16)/t9-,10+/m0/s1. The number of nitrogens with one attached hydrogen (secondary N) is 1. The SMILES string of the molecule is Cc1nc(NC(=O)N2C[C@@H]3CCO[C@@H]3C2)oc1C. The molecule has 2 aliphatic heterocycles. The number of ether oxygens (including phenoxy) is 1. The van der Waals surface area contributed by atoms with E-state index in [0.29, 0.717) is 12.5 Å². The summed E-state index contributed by atoms with van der Waals surface area (Å²) in [5.74, 6) is 1.22. The zero-order valence-corrected chi connectivity index (χ0v) is 10.6. The molecule has 2 atom stereocenters. The van der Waals surface area contributed by atoms with Gasteiger partial charge in [-0.3, -0.25) is 5.32 Å². The van der Waals surface area contributed by atoms with Gasteiger partial charge in [-0.1, -0.05) is 0 Å². The number of anilines is 1. The van der Waals surface area contributed by atoms with Crippen LogP contribution in [-0.4, -0.2) is 41.7 Å². The Kier molecular flexibility index (Phi) is 2.74. The van der Waals surface area contributed by atoms with E-state index in [4.69, 9.17) is 9.15 Å². The molecule has 0 radical (unpaired) electrons. The maximum Gasteiger partial charge on any atom is 0.325 e. The van der Waals surface area contributed by atoms with E-state index in [1.165, 1.54) is 0 Å². The van der Waals surface area contributed by atoms with Crippen LogP contribution in [0.1, 0.15) is 17.9 Å². The second-order valence-electron chi connectivity index (χ2n) is 4.95. The molecular formula is C12H17N3O3. The van der Waals surface area contributed by atoms with Gasteiger partial charge in [-0.25, -0.2) is 4.79 Å². The molecule has 3 heterocycles. The van der Waals surface area contributed by atoms with Gasteiger partial charge in [0.1, 0.15) is 5.76 Å². The van der Waals surface area contributed by atoms with Crippen molar-refractivity contribution in [3.63, 3.8) is 0 Å². The molecule has 2 aliphatic rings. The summed E-state index contributed by atoms with van der Waals surface area (Å²) >= 11 is 0. The van der Waals surface area contributed by atoms with Gasteiger partial charge in [-0.15, -0.1) is 0 Å². The van der Waals surface area contributed by atoms with E-state index in [2.05, 4.69) is 10.3 Å². The lowest BCUT2D eigenvalue weighted by Gasteiger charge is -2.16. The molecule has 0 saturated carbocycles. The molecule has 18 heavy (non-hydrogen) atoms. The lowest BCUT2D eigenvalue weighted by molar-refractivity contribution is 0.103. The lowest BCUT2D eigenvalue weighted by atomic mass is 10.1. The van der Waals surface area contributed by atoms with Crippen LogP contribution in [0, 0.1) is 19.8 Å². The molecule has 2 fully saturated rings. The summed E-state index contributed by atoms with van der Waals surface area (Å²) in [5, 5.41) is 2.69. The average Bonchev–Trinajstić information content (AvgIpc) is 2.94. The van der Waals surface area contributed by atoms with Crippen LogP contribution in [0.5, 0.6) is 0 Å². The summed E-state index contributed by atoms with van der Waals surface area (Å²) in [7, 11) is 0. The van der Waals surface area contributed by atoms with E-state index in [9.17, 15) is 4.79 Å². The molecule has 0 aliphatic carbocycles. The first-order chi connectivity index (χ1) is 8.63. The second kappa shape index (κ2) is 4.28. The number of rotatable bonds is 1. The Morgan fingerprint density at radius 2 is 2.28 bits per heavy atom. The van der Waals surface area contributed by atoms with Crippen molar-refractivity contribution in [1.29, 1.82) is 0 Å². The first-order valence-electron chi connectivity index (χ1n) is 6.25. The lowest BCUT2D eigenvalue weighted by Crippen LogP contribution is -2.34. The molecule has 6 heteroatoms. The van der Waals surface area contributed by atoms with Gasteiger partial charge in [0.05, 0.1) is 11.8 Å². The van der Waals surface area contributed by atoms with Gasteiger partial charge in [-0.05, 0) is 20.3 Å². The highest BCUT2D eigenvalue weighted by molar-refractivity contribution is 5.87. The average molecular weight is 251 g/mol. The highest BCUT2D eigenvalue weighted by atomic mass is 16.5. The highest BCUT2D eigenvalue weighted by Gasteiger charge is 2.39. The van der Waals surface area contributed by atoms with Crippen LogP contribution >= 0.6 is 0 Å². The number of fused-ring (bicyclic) bond motifs is 1. The Morgan fingerprint density at radius 3 is 2.94 bits per heavy atom. The summed E-state index contributed by atoms with van der Waals surface area (Å²) in [5.41, 5.74) is 0.798. The molecule has 1 aromatic rings. The van der Waals surface area contributed by atoms with Gasteiger partial charge in [0.25, 0.3) is 0 Å². The predicted molar refractivity (Wildman–Crippen MR) is 64.4 cm³/mol. The van der Waals surface area contributed by atoms with Gasteiger partial charge >= 0.3 is 12.0 Å². The molecule has 0 unspecified atom stereocenters. The van der Waals surface area contributed by atoms with Crippen LogP contribution in [0.15, 0.2) is 4.42 Å². The van der Waals surface area contributed by atoms with Crippen molar-refractivity contribution in [2.24, 2.45) is 5.92 Å². The zero-order chi connectivity index (χ0) is 12.7. The largest absolute Gasteiger partial charge is 0.428 e. The smallest absolute Gasteiger partial charge is 0.325 e. The van der Waals surface area contributed by atoms with E-state index in [1.54, 1.807) is 4.90 Å². The van der Waals surface area contributed by atoms with E-state index >= 15 is 0 Å². The number of amides is 2. The number of urea groups is 1. The van der Waals surface area contributed by atoms with Crippen molar-refractivity contribution in [2.75, 3.05) is 25.0 Å². The number of oxazole rings is 1. The van der Waals surface area contributed by atoms with E-state index in [0.717, 1.165) is 31.0 Å². The Bertz CT molecular complexity index is 440. The van der Waals surface area contributed by atoms with Crippen molar-refractivity contribution in [3.8, 4) is 0 Å². The number of aromatic nitrogens is 1. The molecule has 2 saturated heterocycles. The number of likely N-dealkylation sites (tertiary alicyclic amines) is 1. The monoisotopic (exact) mass is 251 g/mol. The Morgan fingerprint density at radius 1 is 1.44 bits per heavy atom. The van der Waals surface area contributed by atoms with Gasteiger partial charge in [0, 0.05) is 25.6 Å². The summed E-state index contributed by atoms with van der Waals surface area (Å²) in [6, 6.07) is 0.113. The first-order valence-corrected chi connectivity index (χ1v) is 6.25. The van der Waals surface area contributed by atoms with Gasteiger partial charge in [0.2, 0.25) is 0 Å². The maximum absolute atomic E-state index is 12.0. The van der Waals surface area contributed by atoms with Gasteiger partial charge < -0.3 is 14.1 Å². The summed E-state index contributed by atoms with van der Waals surface area (Å²) < 4.78 is 10.9. The van der Waals surface area contributed by atoms with Crippen molar-refractivity contribution in [2.45, 2.75) is 26.4 Å². The van der Waals surface area contributed by atoms with Crippen LogP contribution in [0.4, 0.5) is 10.8 Å². The molecule has 1 N–H and O–H groups in total. The van der Waals surface area contributed by atoms with Crippen LogP contribution in [0.2, 0.25) is 0 Å². The third kappa shape index (κ3) is 1.96. The molecule has 0 aromatic carbocycles. The maximum atomic E-state index is 12.0. The minimum absolute atomic E-state index is 0.158. The van der Waals surface area contributed by atoms with Crippen LogP contribution in [0.25, 0.3) is 0 Å². The number of hydrogen-bond acceptors (Lipinski definition) is 4. The number of hydrogen-bond donors (Lipinski definition) is 1. The topological polar surface area (TPSA) is 67.6 Å². The number of carbonyl (C=O) groups is 1. The Labute approximate surface area is 105 Å². The van der Waals surface area contributed by atoms with E-state index in [1.807, 2.05) is 13.8 Å². The van der Waals surface area contributed by atoms with Crippen molar-refractivity contribution in [3.05, 3.63) is 11.5 Å². The van der Waals surface area contributed by atoms with Crippen LogP contribution < -0.4 is 5.32 Å². The molecule has 98 valence electrons. The fourth-order valence-corrected chi connectivity index (χ4v) is 2.54. The Balaban J connectivity index is 1.62. The van der Waals surface area contributed by atoms with E-state index < -0.39 is 0 Å². The second-order valence-corrected chi connectivity index (χ2v) is 4.95. The first kappa shape index (κ1) is 11.5. The summed E-state index contributed by atoms with van der Waals surface area (Å²) in [6.07, 6.45) is 1.26. The van der Waals surface area contributed by atoms with Gasteiger partial charge in [-0.2, -0.15) is 4.98 Å². The number of carbonyl (C=O) groups excluding carboxylic acids is 1. The zero-order valence-electron chi connectivity index (χ0n) is 10.6. The fraction of sp³-hybridized carbons (Fsp3) is 0.667. The molecule has 3 rings (SSSR count). The molecule has 2 amide bonds. The normalized spacial score (nSPS) is 26.4. The minimum atomic E-state index is -0.158. The van der Waals surface area contributed by atoms with Gasteiger partial charge in [0.15, 0.2) is 0 Å².